The summed E-state index contributed by atoms with van der Waals surface area (Å²) in [5.41, 5.74) is 2.22. The minimum atomic E-state index is -4.21. The molecule has 3 aromatic rings. The SMILES string of the molecule is CCCCCN(C(=O)NC(=O)Nc1ccc(S(=O)(=O)Nc2nc(C)cc(C)n2)cc1)S(=O)(=O)c1ccc(C)cc1. The second kappa shape index (κ2) is 12.9. The normalized spacial score (nSPS) is 11.5. The van der Waals surface area contributed by atoms with E-state index in [2.05, 4.69) is 20.0 Å². The molecule has 0 atom stereocenters. The fourth-order valence-electron chi connectivity index (χ4n) is 3.66. The molecule has 0 radical (unpaired) electrons. The summed E-state index contributed by atoms with van der Waals surface area (Å²) in [5.74, 6) is -0.0679. The molecule has 0 saturated carbocycles. The molecule has 1 heterocycles. The van der Waals surface area contributed by atoms with E-state index in [1.54, 1.807) is 32.0 Å². The lowest BCUT2D eigenvalue weighted by Crippen LogP contribution is -2.47. The molecule has 0 spiro atoms. The summed E-state index contributed by atoms with van der Waals surface area (Å²) in [5, 5.41) is 4.45. The molecule has 0 aliphatic carbocycles. The Hall–Kier alpha value is -4.04. The highest BCUT2D eigenvalue weighted by atomic mass is 32.2. The first kappa shape index (κ1) is 30.5. The number of hydrogen-bond acceptors (Lipinski definition) is 8. The van der Waals surface area contributed by atoms with E-state index in [4.69, 9.17) is 0 Å². The number of rotatable bonds is 10. The van der Waals surface area contributed by atoms with E-state index >= 15 is 0 Å². The Morgan fingerprint density at radius 2 is 1.40 bits per heavy atom. The van der Waals surface area contributed by atoms with E-state index in [1.807, 2.05) is 19.2 Å². The number of hydrogen-bond donors (Lipinski definition) is 3. The lowest BCUT2D eigenvalue weighted by molar-refractivity contribution is 0.218. The molecule has 0 bridgehead atoms. The van der Waals surface area contributed by atoms with Gasteiger partial charge in [0.1, 0.15) is 0 Å². The number of carbonyl (C=O) groups is 2. The van der Waals surface area contributed by atoms with Crippen molar-refractivity contribution in [1.82, 2.24) is 19.6 Å². The molecular weight excluding hydrogens is 556 g/mol. The zero-order valence-corrected chi connectivity index (χ0v) is 24.3. The molecule has 214 valence electrons. The van der Waals surface area contributed by atoms with Crippen molar-refractivity contribution < 1.29 is 26.4 Å². The summed E-state index contributed by atoms with van der Waals surface area (Å²) in [4.78, 5) is 33.4. The van der Waals surface area contributed by atoms with Crippen LogP contribution in [0.2, 0.25) is 0 Å². The molecule has 3 rings (SSSR count). The molecule has 0 saturated heterocycles. The van der Waals surface area contributed by atoms with Crippen LogP contribution in [0.5, 0.6) is 0 Å². The van der Waals surface area contributed by atoms with Gasteiger partial charge in [-0.2, -0.15) is 0 Å². The van der Waals surface area contributed by atoms with Crippen LogP contribution in [-0.4, -0.2) is 49.7 Å². The van der Waals surface area contributed by atoms with Gasteiger partial charge < -0.3 is 5.32 Å². The van der Waals surface area contributed by atoms with Crippen molar-refractivity contribution in [3.63, 3.8) is 0 Å². The number of anilines is 2. The number of amides is 4. The molecule has 1 aromatic heterocycles. The van der Waals surface area contributed by atoms with Gasteiger partial charge in [0, 0.05) is 23.6 Å². The maximum Gasteiger partial charge on any atom is 0.339 e. The van der Waals surface area contributed by atoms with Crippen LogP contribution in [0.4, 0.5) is 21.2 Å². The van der Waals surface area contributed by atoms with Crippen molar-refractivity contribution in [2.45, 2.75) is 56.7 Å². The van der Waals surface area contributed by atoms with Gasteiger partial charge in [-0.1, -0.05) is 37.5 Å². The van der Waals surface area contributed by atoms with Crippen molar-refractivity contribution in [1.29, 1.82) is 0 Å². The number of nitrogens with zero attached hydrogens (tertiary/aromatic N) is 3. The van der Waals surface area contributed by atoms with Crippen LogP contribution >= 0.6 is 0 Å². The Morgan fingerprint density at radius 1 is 0.825 bits per heavy atom. The van der Waals surface area contributed by atoms with E-state index in [0.717, 1.165) is 12.0 Å². The zero-order valence-electron chi connectivity index (χ0n) is 22.6. The lowest BCUT2D eigenvalue weighted by Gasteiger charge is -2.22. The average molecular weight is 589 g/mol. The average Bonchev–Trinajstić information content (AvgIpc) is 2.86. The first-order valence-corrected chi connectivity index (χ1v) is 15.4. The summed E-state index contributed by atoms with van der Waals surface area (Å²) in [6, 6.07) is 10.8. The maximum atomic E-state index is 13.2. The third-order valence-corrected chi connectivity index (χ3v) is 8.79. The van der Waals surface area contributed by atoms with Crippen LogP contribution in [0, 0.1) is 20.8 Å². The predicted octanol–water partition coefficient (Wildman–Crippen LogP) is 4.33. The molecule has 14 heteroatoms. The monoisotopic (exact) mass is 588 g/mol. The Balaban J connectivity index is 1.70. The van der Waals surface area contributed by atoms with Crippen molar-refractivity contribution in [2.24, 2.45) is 0 Å². The fourth-order valence-corrected chi connectivity index (χ4v) is 5.98. The largest absolute Gasteiger partial charge is 0.339 e. The van der Waals surface area contributed by atoms with Crippen LogP contribution < -0.4 is 15.4 Å². The van der Waals surface area contributed by atoms with E-state index in [0.29, 0.717) is 28.5 Å². The lowest BCUT2D eigenvalue weighted by atomic mass is 10.2. The number of carbonyl (C=O) groups excluding carboxylic acids is 2. The molecule has 0 aliphatic rings. The standard InChI is InChI=1S/C26H32N6O6S2/c1-5-6-7-16-32(40(37,38)23-12-8-18(2)9-13-23)26(34)30-25(33)29-21-10-14-22(15-11-21)39(35,36)31-24-27-19(3)17-20(4)28-24/h8-15,17H,5-7,16H2,1-4H3,(H,27,28,31)(H2,29,30,33,34). The van der Waals surface area contributed by atoms with Crippen molar-refractivity contribution in [2.75, 3.05) is 16.6 Å². The highest BCUT2D eigenvalue weighted by molar-refractivity contribution is 7.92. The molecule has 0 unspecified atom stereocenters. The summed E-state index contributed by atoms with van der Waals surface area (Å²) < 4.78 is 54.7. The highest BCUT2D eigenvalue weighted by Crippen LogP contribution is 2.19. The topological polar surface area (TPSA) is 168 Å². The molecule has 3 N–H and O–H groups in total. The van der Waals surface area contributed by atoms with Crippen LogP contribution in [0.15, 0.2) is 64.4 Å². The van der Waals surface area contributed by atoms with Crippen LogP contribution in [-0.2, 0) is 20.0 Å². The number of aromatic nitrogens is 2. The van der Waals surface area contributed by atoms with Gasteiger partial charge in [0.15, 0.2) is 0 Å². The molecule has 12 nitrogen and oxygen atoms in total. The number of aryl methyl sites for hydroxylation is 3. The third-order valence-electron chi connectivity index (χ3n) is 5.65. The Morgan fingerprint density at radius 3 is 1.98 bits per heavy atom. The number of urea groups is 2. The van der Waals surface area contributed by atoms with Crippen LogP contribution in [0.3, 0.4) is 0 Å². The van der Waals surface area contributed by atoms with E-state index in [-0.39, 0.29) is 28.0 Å². The number of nitrogens with one attached hydrogen (secondary N) is 3. The van der Waals surface area contributed by atoms with E-state index in [1.165, 1.54) is 36.4 Å². The van der Waals surface area contributed by atoms with Gasteiger partial charge in [0.2, 0.25) is 5.95 Å². The second-order valence-electron chi connectivity index (χ2n) is 9.09. The molecule has 0 aliphatic heterocycles. The smallest absolute Gasteiger partial charge is 0.308 e. The van der Waals surface area contributed by atoms with Gasteiger partial charge in [0.05, 0.1) is 9.79 Å². The second-order valence-corrected chi connectivity index (χ2v) is 12.6. The van der Waals surface area contributed by atoms with Gasteiger partial charge in [-0.15, -0.1) is 0 Å². The van der Waals surface area contributed by atoms with E-state index < -0.39 is 32.1 Å². The first-order chi connectivity index (χ1) is 18.8. The molecule has 4 amide bonds. The summed E-state index contributed by atoms with van der Waals surface area (Å²) in [6.07, 6.45) is 1.92. The Kier molecular flexibility index (Phi) is 9.82. The summed E-state index contributed by atoms with van der Waals surface area (Å²) >= 11 is 0. The first-order valence-electron chi connectivity index (χ1n) is 12.5. The van der Waals surface area contributed by atoms with Crippen molar-refractivity contribution >= 4 is 43.7 Å². The minimum Gasteiger partial charge on any atom is -0.308 e. The Bertz CT molecular complexity index is 1550. The fraction of sp³-hybridized carbons (Fsp3) is 0.308. The third kappa shape index (κ3) is 7.99. The van der Waals surface area contributed by atoms with Gasteiger partial charge in [-0.3, -0.25) is 5.32 Å². The number of sulfonamides is 2. The zero-order chi connectivity index (χ0) is 29.5. The van der Waals surface area contributed by atoms with E-state index in [9.17, 15) is 26.4 Å². The van der Waals surface area contributed by atoms with Gasteiger partial charge in [-0.25, -0.2) is 45.4 Å². The number of imide groups is 1. The van der Waals surface area contributed by atoms with Gasteiger partial charge in [0.25, 0.3) is 20.0 Å². The quantitative estimate of drug-likeness (QED) is 0.294. The molecular formula is C26H32N6O6S2. The number of benzene rings is 2. The number of unbranched alkanes of at least 4 members (excludes halogenated alkanes) is 2. The van der Waals surface area contributed by atoms with Gasteiger partial charge >= 0.3 is 12.1 Å². The highest BCUT2D eigenvalue weighted by Gasteiger charge is 2.30. The summed E-state index contributed by atoms with van der Waals surface area (Å²) in [7, 11) is -8.22. The predicted molar refractivity (Wildman–Crippen MR) is 151 cm³/mol. The molecule has 0 fully saturated rings. The van der Waals surface area contributed by atoms with Crippen LogP contribution in [0.1, 0.15) is 43.1 Å². The minimum absolute atomic E-state index is 0.0678. The van der Waals surface area contributed by atoms with Crippen LogP contribution in [0.25, 0.3) is 0 Å². The van der Waals surface area contributed by atoms with Crippen molar-refractivity contribution in [3.8, 4) is 0 Å². The summed E-state index contributed by atoms with van der Waals surface area (Å²) in [6.45, 7) is 7.07. The molecule has 2 aromatic carbocycles. The maximum absolute atomic E-state index is 13.2. The van der Waals surface area contributed by atoms with Gasteiger partial charge in [-0.05, 0) is 69.7 Å². The molecule has 40 heavy (non-hydrogen) atoms. The Labute approximate surface area is 234 Å². The van der Waals surface area contributed by atoms with Crippen molar-refractivity contribution in [3.05, 3.63) is 71.5 Å².